The number of aromatic nitrogens is 1. The van der Waals surface area contributed by atoms with Crippen molar-refractivity contribution in [3.63, 3.8) is 0 Å². The van der Waals surface area contributed by atoms with Crippen molar-refractivity contribution in [3.8, 4) is 22.8 Å². The van der Waals surface area contributed by atoms with Gasteiger partial charge in [-0.25, -0.2) is 0 Å². The van der Waals surface area contributed by atoms with Gasteiger partial charge in [-0.05, 0) is 26.0 Å². The third-order valence-electron chi connectivity index (χ3n) is 3.47. The molecule has 0 fully saturated rings. The Hall–Kier alpha value is -2.01. The van der Waals surface area contributed by atoms with Crippen LogP contribution in [-0.4, -0.2) is 18.4 Å². The molecule has 0 bridgehead atoms. The molecule has 0 spiro atoms. The second-order valence-corrected chi connectivity index (χ2v) is 5.20. The van der Waals surface area contributed by atoms with Crippen LogP contribution in [-0.2, 0) is 6.42 Å². The van der Waals surface area contributed by atoms with Crippen molar-refractivity contribution in [1.29, 1.82) is 0 Å². The lowest BCUT2D eigenvalue weighted by atomic mass is 10.0. The second-order valence-electron chi connectivity index (χ2n) is 5.20. The average molecular weight is 274 g/mol. The first-order valence-corrected chi connectivity index (χ1v) is 6.68. The fraction of sp³-hybridized carbons (Fsp3) is 0.400. The minimum absolute atomic E-state index is 0.187. The molecular weight excluding hydrogens is 256 g/mol. The number of ether oxygens (including phenoxy) is 2. The topological polar surface area (TPSA) is 70.5 Å². The van der Waals surface area contributed by atoms with Crippen molar-refractivity contribution in [2.24, 2.45) is 5.73 Å². The number of fused-ring (bicyclic) bond motifs is 1. The summed E-state index contributed by atoms with van der Waals surface area (Å²) in [6, 6.07) is 5.62. The molecule has 1 aliphatic heterocycles. The van der Waals surface area contributed by atoms with Crippen LogP contribution in [0, 0.1) is 0 Å². The number of benzene rings is 1. The molecule has 1 aromatic carbocycles. The van der Waals surface area contributed by atoms with Crippen molar-refractivity contribution in [2.45, 2.75) is 32.4 Å². The van der Waals surface area contributed by atoms with Crippen LogP contribution in [0.25, 0.3) is 11.3 Å². The molecule has 0 saturated heterocycles. The quantitative estimate of drug-likeness (QED) is 0.931. The van der Waals surface area contributed by atoms with Gasteiger partial charge in [0.15, 0.2) is 5.76 Å². The maximum atomic E-state index is 5.79. The summed E-state index contributed by atoms with van der Waals surface area (Å²) in [5.74, 6) is 2.31. The third kappa shape index (κ3) is 2.14. The number of hydrogen-bond acceptors (Lipinski definition) is 5. The first-order valence-electron chi connectivity index (χ1n) is 6.68. The van der Waals surface area contributed by atoms with E-state index in [1.165, 1.54) is 0 Å². The van der Waals surface area contributed by atoms with Crippen LogP contribution in [0.4, 0.5) is 0 Å². The molecule has 2 heterocycles. The minimum atomic E-state index is -0.187. The van der Waals surface area contributed by atoms with E-state index in [0.717, 1.165) is 29.0 Å². The van der Waals surface area contributed by atoms with Gasteiger partial charge < -0.3 is 19.7 Å². The Morgan fingerprint density at radius 3 is 2.85 bits per heavy atom. The zero-order valence-corrected chi connectivity index (χ0v) is 11.8. The summed E-state index contributed by atoms with van der Waals surface area (Å²) in [7, 11) is 1.65. The second kappa shape index (κ2) is 4.83. The fourth-order valence-electron chi connectivity index (χ4n) is 2.44. The fourth-order valence-corrected chi connectivity index (χ4v) is 2.44. The van der Waals surface area contributed by atoms with Gasteiger partial charge in [-0.2, -0.15) is 0 Å². The zero-order valence-electron chi connectivity index (χ0n) is 11.8. The van der Waals surface area contributed by atoms with E-state index >= 15 is 0 Å². The van der Waals surface area contributed by atoms with E-state index in [0.29, 0.717) is 11.5 Å². The van der Waals surface area contributed by atoms with Crippen molar-refractivity contribution in [2.75, 3.05) is 7.11 Å². The summed E-state index contributed by atoms with van der Waals surface area (Å²) in [4.78, 5) is 0. The Labute approximate surface area is 117 Å². The monoisotopic (exact) mass is 274 g/mol. The van der Waals surface area contributed by atoms with Crippen molar-refractivity contribution >= 4 is 0 Å². The normalized spacial score (nSPS) is 18.5. The Balaban J connectivity index is 2.06. The van der Waals surface area contributed by atoms with Gasteiger partial charge in [0, 0.05) is 23.6 Å². The molecule has 5 nitrogen and oxygen atoms in total. The molecule has 2 unspecified atom stereocenters. The molecule has 0 amide bonds. The van der Waals surface area contributed by atoms with E-state index < -0.39 is 0 Å². The van der Waals surface area contributed by atoms with E-state index in [2.05, 4.69) is 12.1 Å². The Kier molecular flexibility index (Phi) is 3.14. The summed E-state index contributed by atoms with van der Waals surface area (Å²) in [5, 5.41) is 4.07. The molecular formula is C15H18N2O3. The first-order chi connectivity index (χ1) is 9.58. The highest BCUT2D eigenvalue weighted by Gasteiger charge is 2.23. The zero-order chi connectivity index (χ0) is 14.3. The SMILES string of the molecule is COc1cc2c(cc1-c1cc(C(C)N)on1)OC(C)C2. The van der Waals surface area contributed by atoms with Crippen LogP contribution < -0.4 is 15.2 Å². The molecule has 0 aliphatic carbocycles. The summed E-state index contributed by atoms with van der Waals surface area (Å²) < 4.78 is 16.5. The van der Waals surface area contributed by atoms with E-state index in [9.17, 15) is 0 Å². The van der Waals surface area contributed by atoms with E-state index in [-0.39, 0.29) is 12.1 Å². The van der Waals surface area contributed by atoms with Gasteiger partial charge >= 0.3 is 0 Å². The number of nitrogens with zero attached hydrogens (tertiary/aromatic N) is 1. The summed E-state index contributed by atoms with van der Waals surface area (Å²) in [6.45, 7) is 3.91. The van der Waals surface area contributed by atoms with E-state index in [1.54, 1.807) is 7.11 Å². The molecule has 0 saturated carbocycles. The van der Waals surface area contributed by atoms with Crippen molar-refractivity contribution in [3.05, 3.63) is 29.5 Å². The minimum Gasteiger partial charge on any atom is -0.496 e. The van der Waals surface area contributed by atoms with E-state index in [4.69, 9.17) is 19.7 Å². The van der Waals surface area contributed by atoms with Gasteiger partial charge in [0.25, 0.3) is 0 Å². The summed E-state index contributed by atoms with van der Waals surface area (Å²) >= 11 is 0. The molecule has 2 atom stereocenters. The highest BCUT2D eigenvalue weighted by Crippen LogP contribution is 2.39. The number of nitrogens with two attached hydrogens (primary N) is 1. The Morgan fingerprint density at radius 2 is 2.20 bits per heavy atom. The maximum Gasteiger partial charge on any atom is 0.153 e. The van der Waals surface area contributed by atoms with E-state index in [1.807, 2.05) is 25.1 Å². The molecule has 3 rings (SSSR count). The predicted molar refractivity (Wildman–Crippen MR) is 74.9 cm³/mol. The van der Waals surface area contributed by atoms with Crippen molar-refractivity contribution < 1.29 is 14.0 Å². The standard InChI is InChI=1S/C15H18N2O3/c1-8-4-10-5-15(18-3)11(6-14(10)19-8)12-7-13(9(2)16)20-17-12/h5-9H,4,16H2,1-3H3. The van der Waals surface area contributed by atoms with Gasteiger partial charge in [0.1, 0.15) is 23.3 Å². The molecule has 2 aromatic rings. The highest BCUT2D eigenvalue weighted by molar-refractivity contribution is 5.71. The number of hydrogen-bond donors (Lipinski definition) is 1. The van der Waals surface area contributed by atoms with Crippen LogP contribution in [0.5, 0.6) is 11.5 Å². The lowest BCUT2D eigenvalue weighted by molar-refractivity contribution is 0.254. The van der Waals surface area contributed by atoms with Crippen LogP contribution in [0.3, 0.4) is 0 Å². The lowest BCUT2D eigenvalue weighted by Gasteiger charge is -2.08. The molecule has 2 N–H and O–H groups in total. The Morgan fingerprint density at radius 1 is 1.40 bits per heavy atom. The van der Waals surface area contributed by atoms with Crippen molar-refractivity contribution in [1.82, 2.24) is 5.16 Å². The predicted octanol–water partition coefficient (Wildman–Crippen LogP) is 2.69. The van der Waals surface area contributed by atoms with Crippen LogP contribution >= 0.6 is 0 Å². The van der Waals surface area contributed by atoms with Crippen LogP contribution in [0.1, 0.15) is 31.2 Å². The number of methoxy groups -OCH3 is 1. The largest absolute Gasteiger partial charge is 0.496 e. The molecule has 106 valence electrons. The smallest absolute Gasteiger partial charge is 0.153 e. The van der Waals surface area contributed by atoms with Crippen LogP contribution in [0.2, 0.25) is 0 Å². The summed E-state index contributed by atoms with van der Waals surface area (Å²) in [5.41, 5.74) is 8.52. The van der Waals surface area contributed by atoms with Gasteiger partial charge in [0.05, 0.1) is 13.2 Å². The van der Waals surface area contributed by atoms with Crippen LogP contribution in [0.15, 0.2) is 22.7 Å². The van der Waals surface area contributed by atoms with Gasteiger partial charge in [-0.3, -0.25) is 0 Å². The third-order valence-corrected chi connectivity index (χ3v) is 3.47. The van der Waals surface area contributed by atoms with Gasteiger partial charge in [0.2, 0.25) is 0 Å². The first kappa shape index (κ1) is 13.0. The maximum absolute atomic E-state index is 5.79. The van der Waals surface area contributed by atoms with Gasteiger partial charge in [-0.15, -0.1) is 0 Å². The average Bonchev–Trinajstić information content (AvgIpc) is 3.01. The summed E-state index contributed by atoms with van der Waals surface area (Å²) in [6.07, 6.45) is 1.09. The molecule has 0 radical (unpaired) electrons. The highest BCUT2D eigenvalue weighted by atomic mass is 16.5. The molecule has 1 aliphatic rings. The lowest BCUT2D eigenvalue weighted by Crippen LogP contribution is -2.05. The molecule has 1 aromatic heterocycles. The molecule has 5 heteroatoms. The molecule has 20 heavy (non-hydrogen) atoms. The van der Waals surface area contributed by atoms with Gasteiger partial charge in [-0.1, -0.05) is 5.16 Å². The Bertz CT molecular complexity index is 634. The number of rotatable bonds is 3.